The molecule has 4 fully saturated rings. The van der Waals surface area contributed by atoms with E-state index in [0.717, 1.165) is 19.3 Å². The van der Waals surface area contributed by atoms with E-state index >= 15 is 0 Å². The zero-order chi connectivity index (χ0) is 21.0. The summed E-state index contributed by atoms with van der Waals surface area (Å²) >= 11 is 0. The second-order valence-corrected chi connectivity index (χ2v) is 11.2. The second-order valence-electron chi connectivity index (χ2n) is 11.2. The number of esters is 1. The van der Waals surface area contributed by atoms with Crippen LogP contribution in [-0.2, 0) is 14.3 Å². The third-order valence-electron chi connectivity index (χ3n) is 10.2. The molecule has 0 aromatic rings. The Balaban J connectivity index is 1.60. The lowest BCUT2D eigenvalue weighted by atomic mass is 9.43. The number of ether oxygens (including phenoxy) is 1. The molecule has 0 amide bonds. The first-order valence-electron chi connectivity index (χ1n) is 12.0. The standard InChI is InChI=1S/C25H40O4/c1-15(8-13-20(26)29-4)18-11-12-19-17-10-9-16-7-5-6-14-24(16,2)21(17)22(27)23(28)25(18,19)3/h15-19,21-22,27H,5-14H2,1-4H3/t15-,16+,17-,18+,19-,21+,22-,24-,25+/m0/s1. The Labute approximate surface area is 176 Å². The van der Waals surface area contributed by atoms with Gasteiger partial charge in [-0.1, -0.05) is 33.6 Å². The zero-order valence-corrected chi connectivity index (χ0v) is 18.8. The van der Waals surface area contributed by atoms with Gasteiger partial charge in [0.25, 0.3) is 0 Å². The lowest BCUT2D eigenvalue weighted by molar-refractivity contribution is -0.184. The average Bonchev–Trinajstić information content (AvgIpc) is 3.07. The quantitative estimate of drug-likeness (QED) is 0.685. The van der Waals surface area contributed by atoms with Gasteiger partial charge in [0.15, 0.2) is 5.78 Å². The average molecular weight is 405 g/mol. The maximum Gasteiger partial charge on any atom is 0.305 e. The molecule has 0 aromatic carbocycles. The Bertz CT molecular complexity index is 659. The fourth-order valence-electron chi connectivity index (χ4n) is 8.72. The van der Waals surface area contributed by atoms with Gasteiger partial charge in [-0.2, -0.15) is 0 Å². The predicted octanol–water partition coefficient (Wildman–Crippen LogP) is 4.77. The van der Waals surface area contributed by atoms with Gasteiger partial charge < -0.3 is 9.84 Å². The molecule has 4 aliphatic carbocycles. The Morgan fingerprint density at radius 2 is 1.93 bits per heavy atom. The third-order valence-corrected chi connectivity index (χ3v) is 10.2. The van der Waals surface area contributed by atoms with E-state index in [4.69, 9.17) is 4.74 Å². The van der Waals surface area contributed by atoms with Crippen molar-refractivity contribution in [3.05, 3.63) is 0 Å². The van der Waals surface area contributed by atoms with Crippen molar-refractivity contribution in [2.75, 3.05) is 7.11 Å². The summed E-state index contributed by atoms with van der Waals surface area (Å²) in [6, 6.07) is 0. The van der Waals surface area contributed by atoms with Crippen molar-refractivity contribution in [3.63, 3.8) is 0 Å². The first-order chi connectivity index (χ1) is 13.7. The largest absolute Gasteiger partial charge is 0.469 e. The van der Waals surface area contributed by atoms with Crippen molar-refractivity contribution in [3.8, 4) is 0 Å². The summed E-state index contributed by atoms with van der Waals surface area (Å²) < 4.78 is 4.82. The molecule has 0 bridgehead atoms. The molecule has 0 saturated heterocycles. The monoisotopic (exact) mass is 404 g/mol. The van der Waals surface area contributed by atoms with Gasteiger partial charge in [-0.15, -0.1) is 0 Å². The van der Waals surface area contributed by atoms with Gasteiger partial charge in [-0.3, -0.25) is 9.59 Å². The second kappa shape index (κ2) is 7.66. The number of ketones is 1. The summed E-state index contributed by atoms with van der Waals surface area (Å²) in [5.41, 5.74) is -0.305. The molecular weight excluding hydrogens is 364 g/mol. The van der Waals surface area contributed by atoms with Crippen LogP contribution in [0, 0.1) is 46.3 Å². The van der Waals surface area contributed by atoms with Crippen LogP contribution < -0.4 is 0 Å². The summed E-state index contributed by atoms with van der Waals surface area (Å²) in [5, 5.41) is 11.4. The van der Waals surface area contributed by atoms with Crippen LogP contribution in [0.2, 0.25) is 0 Å². The number of Topliss-reactive ketones (excluding diaryl/α,β-unsaturated/α-hetero) is 1. The number of fused-ring (bicyclic) bond motifs is 5. The number of aliphatic hydroxyl groups excluding tert-OH is 1. The Morgan fingerprint density at radius 3 is 2.66 bits per heavy atom. The minimum atomic E-state index is -0.805. The van der Waals surface area contributed by atoms with Crippen molar-refractivity contribution in [1.82, 2.24) is 0 Å². The topological polar surface area (TPSA) is 63.6 Å². The molecular formula is C25H40O4. The molecule has 0 aromatic heterocycles. The van der Waals surface area contributed by atoms with Crippen LogP contribution in [0.3, 0.4) is 0 Å². The number of carbonyl (C=O) groups is 2. The van der Waals surface area contributed by atoms with E-state index in [9.17, 15) is 14.7 Å². The fourth-order valence-corrected chi connectivity index (χ4v) is 8.72. The van der Waals surface area contributed by atoms with Crippen molar-refractivity contribution in [2.45, 2.75) is 91.1 Å². The number of rotatable bonds is 4. The van der Waals surface area contributed by atoms with Crippen molar-refractivity contribution in [1.29, 1.82) is 0 Å². The van der Waals surface area contributed by atoms with E-state index in [0.29, 0.717) is 30.1 Å². The van der Waals surface area contributed by atoms with Gasteiger partial charge >= 0.3 is 5.97 Å². The molecule has 0 aliphatic heterocycles. The third kappa shape index (κ3) is 3.11. The van der Waals surface area contributed by atoms with Crippen LogP contribution in [0.5, 0.6) is 0 Å². The van der Waals surface area contributed by atoms with Crippen molar-refractivity contribution < 1.29 is 19.4 Å². The van der Waals surface area contributed by atoms with Gasteiger partial charge in [0, 0.05) is 17.8 Å². The van der Waals surface area contributed by atoms with Gasteiger partial charge in [-0.25, -0.2) is 0 Å². The lowest BCUT2D eigenvalue weighted by Gasteiger charge is -2.61. The maximum atomic E-state index is 13.8. The van der Waals surface area contributed by atoms with Crippen molar-refractivity contribution in [2.24, 2.45) is 46.3 Å². The molecule has 0 unspecified atom stereocenters. The molecule has 4 aliphatic rings. The molecule has 4 nitrogen and oxygen atoms in total. The summed E-state index contributed by atoms with van der Waals surface area (Å²) in [7, 11) is 1.43. The highest BCUT2D eigenvalue weighted by Gasteiger charge is 2.66. The molecule has 0 spiro atoms. The number of hydrogen-bond acceptors (Lipinski definition) is 4. The van der Waals surface area contributed by atoms with Gasteiger partial charge in [0.2, 0.25) is 0 Å². The van der Waals surface area contributed by atoms with Crippen LogP contribution >= 0.6 is 0 Å². The summed E-state index contributed by atoms with van der Waals surface area (Å²) in [5.74, 6) is 2.20. The van der Waals surface area contributed by atoms with Gasteiger partial charge in [0.1, 0.15) is 6.10 Å². The van der Waals surface area contributed by atoms with E-state index in [1.165, 1.54) is 45.6 Å². The van der Waals surface area contributed by atoms with E-state index in [1.807, 2.05) is 0 Å². The number of carbonyl (C=O) groups excluding carboxylic acids is 2. The van der Waals surface area contributed by atoms with E-state index in [1.54, 1.807) is 0 Å². The molecule has 4 saturated carbocycles. The lowest BCUT2D eigenvalue weighted by Crippen LogP contribution is -2.63. The Hall–Kier alpha value is -0.900. The van der Waals surface area contributed by atoms with Gasteiger partial charge in [-0.05, 0) is 80.0 Å². The fraction of sp³-hybridized carbons (Fsp3) is 0.920. The molecule has 4 rings (SSSR count). The SMILES string of the molecule is COC(=O)CC[C@H](C)[C@H]1CC[C@H]2[C@@H]3CC[C@H]4CCCC[C@]4(C)[C@H]3[C@H](O)C(=O)[C@]12C. The molecule has 164 valence electrons. The molecule has 4 heteroatoms. The van der Waals surface area contributed by atoms with Crippen molar-refractivity contribution >= 4 is 11.8 Å². The Kier molecular flexibility index (Phi) is 5.63. The first kappa shape index (κ1) is 21.3. The minimum Gasteiger partial charge on any atom is -0.469 e. The highest BCUT2D eigenvalue weighted by molar-refractivity contribution is 5.91. The zero-order valence-electron chi connectivity index (χ0n) is 18.8. The molecule has 9 atom stereocenters. The maximum absolute atomic E-state index is 13.8. The summed E-state index contributed by atoms with van der Waals surface area (Å²) in [6.45, 7) is 6.73. The molecule has 29 heavy (non-hydrogen) atoms. The molecule has 0 heterocycles. The Morgan fingerprint density at radius 1 is 1.17 bits per heavy atom. The van der Waals surface area contributed by atoms with Crippen LogP contribution in [0.25, 0.3) is 0 Å². The minimum absolute atomic E-state index is 0.114. The molecule has 0 radical (unpaired) electrons. The predicted molar refractivity (Wildman–Crippen MR) is 112 cm³/mol. The van der Waals surface area contributed by atoms with Crippen LogP contribution in [0.4, 0.5) is 0 Å². The smallest absolute Gasteiger partial charge is 0.305 e. The van der Waals surface area contributed by atoms with Crippen LogP contribution in [-0.4, -0.2) is 30.1 Å². The number of hydrogen-bond donors (Lipinski definition) is 1. The molecule has 1 N–H and O–H groups in total. The normalized spacial score (nSPS) is 47.7. The number of methoxy groups -OCH3 is 1. The van der Waals surface area contributed by atoms with E-state index < -0.39 is 11.5 Å². The van der Waals surface area contributed by atoms with Crippen LogP contribution in [0.1, 0.15) is 85.0 Å². The van der Waals surface area contributed by atoms with E-state index in [-0.39, 0.29) is 29.0 Å². The number of aliphatic hydroxyl groups is 1. The first-order valence-corrected chi connectivity index (χ1v) is 12.0. The summed E-state index contributed by atoms with van der Waals surface area (Å²) in [4.78, 5) is 25.4. The van der Waals surface area contributed by atoms with Gasteiger partial charge in [0.05, 0.1) is 7.11 Å². The summed E-state index contributed by atoms with van der Waals surface area (Å²) in [6.07, 6.45) is 9.97. The van der Waals surface area contributed by atoms with E-state index in [2.05, 4.69) is 20.8 Å². The van der Waals surface area contributed by atoms with Crippen LogP contribution in [0.15, 0.2) is 0 Å². The highest BCUT2D eigenvalue weighted by Crippen LogP contribution is 2.67. The highest BCUT2D eigenvalue weighted by atomic mass is 16.5.